The average Bonchev–Trinajstić information content (AvgIpc) is 2.87. The van der Waals surface area contributed by atoms with Crippen LogP contribution in [0.5, 0.6) is 0 Å². The van der Waals surface area contributed by atoms with Crippen LogP contribution in [0.15, 0.2) is 12.2 Å². The maximum atomic E-state index is 11.5. The number of likely N-dealkylation sites (tertiary alicyclic amines) is 1. The lowest BCUT2D eigenvalue weighted by Gasteiger charge is -2.24. The summed E-state index contributed by atoms with van der Waals surface area (Å²) in [6.45, 7) is -0.154. The normalized spacial score (nSPS) is 20.2. The van der Waals surface area contributed by atoms with Crippen LogP contribution in [0.2, 0.25) is 0 Å². The Bertz CT molecular complexity index is 504. The van der Waals surface area contributed by atoms with Crippen molar-refractivity contribution in [3.8, 4) is 0 Å². The molecule has 0 aromatic rings. The molecule has 1 unspecified atom stereocenters. The lowest BCUT2D eigenvalue weighted by atomic mass is 10.1. The summed E-state index contributed by atoms with van der Waals surface area (Å²) >= 11 is 0. The smallest absolute Gasteiger partial charge is 0.326 e. The van der Waals surface area contributed by atoms with Gasteiger partial charge < -0.3 is 5.11 Å². The summed E-state index contributed by atoms with van der Waals surface area (Å²) in [4.78, 5) is 58.5. The van der Waals surface area contributed by atoms with E-state index in [0.29, 0.717) is 4.90 Å². The van der Waals surface area contributed by atoms with Crippen molar-refractivity contribution >= 4 is 29.6 Å². The van der Waals surface area contributed by atoms with Crippen molar-refractivity contribution < 1.29 is 29.1 Å². The molecule has 1 fully saturated rings. The fourth-order valence-electron chi connectivity index (χ4n) is 2.21. The number of rotatable bonds is 5. The summed E-state index contributed by atoms with van der Waals surface area (Å²) in [5, 5.41) is 9.12. The van der Waals surface area contributed by atoms with Crippen molar-refractivity contribution in [1.29, 1.82) is 0 Å². The molecule has 8 nitrogen and oxygen atoms in total. The lowest BCUT2D eigenvalue weighted by molar-refractivity contribution is -0.154. The zero-order valence-electron chi connectivity index (χ0n) is 10.4. The minimum atomic E-state index is -1.35. The van der Waals surface area contributed by atoms with Crippen molar-refractivity contribution in [3.63, 3.8) is 0 Å². The van der Waals surface area contributed by atoms with Crippen LogP contribution in [-0.4, -0.2) is 57.1 Å². The summed E-state index contributed by atoms with van der Waals surface area (Å²) in [7, 11) is 0. The van der Waals surface area contributed by atoms with Gasteiger partial charge >= 0.3 is 5.97 Å². The molecule has 1 N–H and O–H groups in total. The predicted octanol–water partition coefficient (Wildman–Crippen LogP) is -1.10. The van der Waals surface area contributed by atoms with Crippen LogP contribution in [0.4, 0.5) is 0 Å². The third-order valence-electron chi connectivity index (χ3n) is 3.21. The van der Waals surface area contributed by atoms with Gasteiger partial charge in [-0.2, -0.15) is 0 Å². The number of amides is 4. The van der Waals surface area contributed by atoms with Crippen LogP contribution < -0.4 is 0 Å². The molecule has 1 atom stereocenters. The molecule has 2 aliphatic rings. The number of aliphatic carboxylic acids is 1. The number of hydrogen-bond acceptors (Lipinski definition) is 5. The predicted molar refractivity (Wildman–Crippen MR) is 63.0 cm³/mol. The van der Waals surface area contributed by atoms with Crippen molar-refractivity contribution in [2.45, 2.75) is 25.3 Å². The monoisotopic (exact) mass is 280 g/mol. The molecule has 0 aliphatic carbocycles. The van der Waals surface area contributed by atoms with E-state index < -0.39 is 35.6 Å². The Morgan fingerprint density at radius 3 is 2.05 bits per heavy atom. The SMILES string of the molecule is O=C(O)C(CCN1C(=O)C=CC1=O)N1C(=O)CCC1=O. The fourth-order valence-corrected chi connectivity index (χ4v) is 2.21. The zero-order chi connectivity index (χ0) is 14.9. The molecule has 0 bridgehead atoms. The molecule has 0 aromatic heterocycles. The highest BCUT2D eigenvalue weighted by molar-refractivity contribution is 6.13. The van der Waals surface area contributed by atoms with Gasteiger partial charge in [0.25, 0.3) is 11.8 Å². The maximum absolute atomic E-state index is 11.5. The Kier molecular flexibility index (Phi) is 3.64. The van der Waals surface area contributed by atoms with Gasteiger partial charge in [-0.25, -0.2) is 4.79 Å². The molecule has 20 heavy (non-hydrogen) atoms. The first-order valence-electron chi connectivity index (χ1n) is 6.03. The number of carboxylic acids is 1. The Morgan fingerprint density at radius 2 is 1.60 bits per heavy atom. The second-order valence-electron chi connectivity index (χ2n) is 4.46. The van der Waals surface area contributed by atoms with Gasteiger partial charge in [-0.1, -0.05) is 0 Å². The summed E-state index contributed by atoms with van der Waals surface area (Å²) in [5.74, 6) is -3.48. The van der Waals surface area contributed by atoms with Crippen LogP contribution in [0.25, 0.3) is 0 Å². The third-order valence-corrected chi connectivity index (χ3v) is 3.21. The topological polar surface area (TPSA) is 112 Å². The summed E-state index contributed by atoms with van der Waals surface area (Å²) in [5.41, 5.74) is 0. The van der Waals surface area contributed by atoms with Crippen LogP contribution in [0.1, 0.15) is 19.3 Å². The molecule has 2 rings (SSSR count). The molecule has 0 aromatic carbocycles. The molecule has 0 saturated carbocycles. The van der Waals surface area contributed by atoms with Crippen molar-refractivity contribution in [1.82, 2.24) is 9.80 Å². The standard InChI is InChI=1S/C12H12N2O6/c15-8-1-2-9(16)13(8)6-5-7(12(19)20)14-10(17)3-4-11(14)18/h1-2,7H,3-6H2,(H,19,20). The van der Waals surface area contributed by atoms with Crippen molar-refractivity contribution in [3.05, 3.63) is 12.2 Å². The first-order chi connectivity index (χ1) is 9.41. The fraction of sp³-hybridized carbons (Fsp3) is 0.417. The summed E-state index contributed by atoms with van der Waals surface area (Å²) in [6, 6.07) is -1.35. The zero-order valence-corrected chi connectivity index (χ0v) is 10.4. The number of carbonyl (C=O) groups is 5. The van der Waals surface area contributed by atoms with E-state index in [1.165, 1.54) is 0 Å². The quantitative estimate of drug-likeness (QED) is 0.640. The first kappa shape index (κ1) is 13.9. The highest BCUT2D eigenvalue weighted by Crippen LogP contribution is 2.18. The van der Waals surface area contributed by atoms with E-state index in [9.17, 15) is 24.0 Å². The van der Waals surface area contributed by atoms with Crippen LogP contribution in [0.3, 0.4) is 0 Å². The van der Waals surface area contributed by atoms with E-state index >= 15 is 0 Å². The Hall–Kier alpha value is -2.51. The van der Waals surface area contributed by atoms with E-state index in [-0.39, 0.29) is 25.8 Å². The minimum Gasteiger partial charge on any atom is -0.480 e. The average molecular weight is 280 g/mol. The molecular formula is C12H12N2O6. The third kappa shape index (κ3) is 2.44. The van der Waals surface area contributed by atoms with E-state index in [0.717, 1.165) is 17.1 Å². The van der Waals surface area contributed by atoms with Gasteiger partial charge in [-0.05, 0) is 6.42 Å². The molecule has 2 aliphatic heterocycles. The highest BCUT2D eigenvalue weighted by Gasteiger charge is 2.39. The Labute approximate surface area is 113 Å². The molecule has 0 spiro atoms. The largest absolute Gasteiger partial charge is 0.480 e. The van der Waals surface area contributed by atoms with Gasteiger partial charge in [0, 0.05) is 31.5 Å². The molecular weight excluding hydrogens is 268 g/mol. The number of imide groups is 2. The van der Waals surface area contributed by atoms with Gasteiger partial charge in [0.2, 0.25) is 11.8 Å². The molecule has 8 heteroatoms. The summed E-state index contributed by atoms with van der Waals surface area (Å²) < 4.78 is 0. The van der Waals surface area contributed by atoms with E-state index in [2.05, 4.69) is 0 Å². The number of carboxylic acid groups (broad SMARTS) is 1. The maximum Gasteiger partial charge on any atom is 0.326 e. The minimum absolute atomic E-state index is 0.00819. The number of nitrogens with zero attached hydrogens (tertiary/aromatic N) is 2. The molecule has 1 saturated heterocycles. The van der Waals surface area contributed by atoms with Gasteiger partial charge in [0.15, 0.2) is 0 Å². The highest BCUT2D eigenvalue weighted by atomic mass is 16.4. The second-order valence-corrected chi connectivity index (χ2v) is 4.46. The van der Waals surface area contributed by atoms with E-state index in [1.807, 2.05) is 0 Å². The van der Waals surface area contributed by atoms with Gasteiger partial charge in [-0.3, -0.25) is 29.0 Å². The van der Waals surface area contributed by atoms with E-state index in [4.69, 9.17) is 5.11 Å². The van der Waals surface area contributed by atoms with Gasteiger partial charge in [0.05, 0.1) is 0 Å². The molecule has 4 amide bonds. The van der Waals surface area contributed by atoms with Gasteiger partial charge in [-0.15, -0.1) is 0 Å². The van der Waals surface area contributed by atoms with Crippen LogP contribution in [-0.2, 0) is 24.0 Å². The molecule has 106 valence electrons. The van der Waals surface area contributed by atoms with E-state index in [1.54, 1.807) is 0 Å². The second kappa shape index (κ2) is 5.24. The number of hydrogen-bond donors (Lipinski definition) is 1. The Morgan fingerprint density at radius 1 is 1.10 bits per heavy atom. The van der Waals surface area contributed by atoms with Crippen molar-refractivity contribution in [2.24, 2.45) is 0 Å². The molecule has 2 heterocycles. The van der Waals surface area contributed by atoms with Crippen molar-refractivity contribution in [2.75, 3.05) is 6.54 Å². The number of carbonyl (C=O) groups excluding carboxylic acids is 4. The molecule has 0 radical (unpaired) electrons. The lowest BCUT2D eigenvalue weighted by Crippen LogP contribution is -2.46. The summed E-state index contributed by atoms with van der Waals surface area (Å²) in [6.07, 6.45) is 1.98. The first-order valence-corrected chi connectivity index (χ1v) is 6.03. The Balaban J connectivity index is 2.05. The van der Waals surface area contributed by atoms with Gasteiger partial charge in [0.1, 0.15) is 6.04 Å². The van der Waals surface area contributed by atoms with Crippen LogP contribution in [0, 0.1) is 0 Å². The van der Waals surface area contributed by atoms with Crippen LogP contribution >= 0.6 is 0 Å².